The number of fused-ring (bicyclic) bond motifs is 1. The second-order valence-electron chi connectivity index (χ2n) is 7.74. The average Bonchev–Trinajstić information content (AvgIpc) is 3.07. The number of nitrogens with two attached hydrogens (primary N) is 1. The summed E-state index contributed by atoms with van der Waals surface area (Å²) in [6.45, 7) is 2.20. The number of nitrogens with zero attached hydrogens (tertiary/aromatic N) is 3. The lowest BCUT2D eigenvalue weighted by Crippen LogP contribution is -2.50. The first-order chi connectivity index (χ1) is 15.0. The van der Waals surface area contributed by atoms with Gasteiger partial charge in [0.15, 0.2) is 11.6 Å². The number of halogens is 6. The van der Waals surface area contributed by atoms with Crippen LogP contribution < -0.4 is 15.4 Å². The lowest BCUT2D eigenvalue weighted by molar-refractivity contribution is -0.274. The van der Waals surface area contributed by atoms with Crippen molar-refractivity contribution in [1.29, 1.82) is 0 Å². The predicted molar refractivity (Wildman–Crippen MR) is 106 cm³/mol. The van der Waals surface area contributed by atoms with E-state index in [9.17, 15) is 26.3 Å². The molecule has 1 fully saturated rings. The van der Waals surface area contributed by atoms with E-state index in [1.807, 2.05) is 0 Å². The third-order valence-electron chi connectivity index (χ3n) is 5.55. The lowest BCUT2D eigenvalue weighted by Gasteiger charge is -2.35. The zero-order valence-electron chi connectivity index (χ0n) is 16.9. The number of benzene rings is 2. The van der Waals surface area contributed by atoms with Crippen molar-refractivity contribution >= 4 is 17.0 Å². The van der Waals surface area contributed by atoms with Gasteiger partial charge in [-0.05, 0) is 31.0 Å². The van der Waals surface area contributed by atoms with Crippen molar-refractivity contribution in [3.8, 4) is 5.75 Å². The summed E-state index contributed by atoms with van der Waals surface area (Å²) in [6.07, 6.45) is -5.81. The highest BCUT2D eigenvalue weighted by atomic mass is 19.4. The molecule has 11 heteroatoms. The van der Waals surface area contributed by atoms with E-state index in [0.29, 0.717) is 18.1 Å². The van der Waals surface area contributed by atoms with Crippen LogP contribution in [-0.2, 0) is 0 Å². The SMILES string of the molecule is CC(c1ccc(OC(F)(F)F)cc1)n1c(N2CC[C@@H](F)[C@H](N)C2)nc2cc(F)c(F)cc21. The molecule has 1 aliphatic rings. The largest absolute Gasteiger partial charge is 0.573 e. The molecular formula is C21H20F6N4O. The monoisotopic (exact) mass is 458 g/mol. The van der Waals surface area contributed by atoms with Crippen molar-refractivity contribution in [3.05, 3.63) is 53.6 Å². The van der Waals surface area contributed by atoms with Crippen molar-refractivity contribution in [2.24, 2.45) is 5.73 Å². The second-order valence-corrected chi connectivity index (χ2v) is 7.74. The van der Waals surface area contributed by atoms with Crippen LogP contribution in [0.5, 0.6) is 5.75 Å². The Bertz CT molecular complexity index is 1110. The molecule has 172 valence electrons. The number of hydrogen-bond donors (Lipinski definition) is 1. The quantitative estimate of drug-likeness (QED) is 0.576. The average molecular weight is 458 g/mol. The molecule has 4 rings (SSSR count). The smallest absolute Gasteiger partial charge is 0.406 e. The Morgan fingerprint density at radius 2 is 1.78 bits per heavy atom. The fourth-order valence-electron chi connectivity index (χ4n) is 3.91. The molecule has 0 radical (unpaired) electrons. The highest BCUT2D eigenvalue weighted by molar-refractivity contribution is 5.79. The summed E-state index contributed by atoms with van der Waals surface area (Å²) in [7, 11) is 0. The van der Waals surface area contributed by atoms with E-state index in [2.05, 4.69) is 9.72 Å². The Kier molecular flexibility index (Phi) is 5.70. The Hall–Kier alpha value is -2.95. The van der Waals surface area contributed by atoms with E-state index in [1.54, 1.807) is 16.4 Å². The molecule has 0 bridgehead atoms. The first kappa shape index (κ1) is 22.3. The van der Waals surface area contributed by atoms with E-state index in [1.165, 1.54) is 24.3 Å². The maximum atomic E-state index is 14.0. The van der Waals surface area contributed by atoms with Gasteiger partial charge in [-0.3, -0.25) is 0 Å². The Morgan fingerprint density at radius 1 is 1.12 bits per heavy atom. The minimum absolute atomic E-state index is 0.153. The standard InChI is InChI=1S/C21H20F6N4O/c1-11(12-2-4-13(5-3-12)32-21(25,26)27)31-19-9-16(24)15(23)8-18(19)29-20(31)30-7-6-14(22)17(28)10-30/h2-5,8-9,11,14,17H,6-7,10,28H2,1H3/t11?,14-,17-/m1/s1. The minimum atomic E-state index is -4.82. The van der Waals surface area contributed by atoms with Crippen LogP contribution in [0.3, 0.4) is 0 Å². The highest BCUT2D eigenvalue weighted by Gasteiger charge is 2.32. The van der Waals surface area contributed by atoms with Gasteiger partial charge in [-0.1, -0.05) is 12.1 Å². The van der Waals surface area contributed by atoms with Crippen LogP contribution >= 0.6 is 0 Å². The van der Waals surface area contributed by atoms with Crippen LogP contribution in [0.4, 0.5) is 32.3 Å². The summed E-state index contributed by atoms with van der Waals surface area (Å²) in [6, 6.07) is 5.94. The van der Waals surface area contributed by atoms with Gasteiger partial charge >= 0.3 is 6.36 Å². The predicted octanol–water partition coefficient (Wildman–Crippen LogP) is 4.70. The van der Waals surface area contributed by atoms with Crippen molar-refractivity contribution < 1.29 is 31.1 Å². The molecule has 5 nitrogen and oxygen atoms in total. The van der Waals surface area contributed by atoms with Crippen LogP contribution in [0.15, 0.2) is 36.4 Å². The Balaban J connectivity index is 1.76. The van der Waals surface area contributed by atoms with Gasteiger partial charge in [-0.25, -0.2) is 18.2 Å². The van der Waals surface area contributed by atoms with Crippen LogP contribution in [0.1, 0.15) is 24.9 Å². The van der Waals surface area contributed by atoms with Crippen LogP contribution in [0, 0.1) is 11.6 Å². The maximum absolute atomic E-state index is 14.0. The van der Waals surface area contributed by atoms with Gasteiger partial charge in [0.25, 0.3) is 0 Å². The van der Waals surface area contributed by atoms with Gasteiger partial charge in [-0.15, -0.1) is 13.2 Å². The zero-order chi connectivity index (χ0) is 23.2. The Morgan fingerprint density at radius 3 is 2.41 bits per heavy atom. The second kappa shape index (κ2) is 8.19. The summed E-state index contributed by atoms with van der Waals surface area (Å²) in [5, 5.41) is 0. The normalized spacial score (nSPS) is 20.6. The zero-order valence-corrected chi connectivity index (χ0v) is 16.9. The number of hydrogen-bond acceptors (Lipinski definition) is 4. The van der Waals surface area contributed by atoms with Gasteiger partial charge in [0.05, 0.1) is 23.1 Å². The number of anilines is 1. The van der Waals surface area contributed by atoms with E-state index in [4.69, 9.17) is 5.73 Å². The molecule has 2 N–H and O–H groups in total. The number of imidazole rings is 1. The highest BCUT2D eigenvalue weighted by Crippen LogP contribution is 2.34. The molecule has 0 spiro atoms. The molecule has 32 heavy (non-hydrogen) atoms. The molecule has 0 amide bonds. The molecular weight excluding hydrogens is 438 g/mol. The maximum Gasteiger partial charge on any atom is 0.573 e. The molecule has 0 saturated carbocycles. The van der Waals surface area contributed by atoms with Gasteiger partial charge in [0, 0.05) is 25.2 Å². The van der Waals surface area contributed by atoms with Gasteiger partial charge in [0.2, 0.25) is 5.95 Å². The fourth-order valence-corrected chi connectivity index (χ4v) is 3.91. The van der Waals surface area contributed by atoms with Gasteiger partial charge < -0.3 is 19.9 Å². The number of piperidine rings is 1. The molecule has 1 aliphatic heterocycles. The first-order valence-corrected chi connectivity index (χ1v) is 9.91. The first-order valence-electron chi connectivity index (χ1n) is 9.91. The number of aromatic nitrogens is 2. The fraction of sp³-hybridized carbons (Fsp3) is 0.381. The molecule has 3 aromatic rings. The van der Waals surface area contributed by atoms with Crippen LogP contribution in [-0.4, -0.2) is 41.2 Å². The van der Waals surface area contributed by atoms with Crippen LogP contribution in [0.25, 0.3) is 11.0 Å². The topological polar surface area (TPSA) is 56.3 Å². The summed E-state index contributed by atoms with van der Waals surface area (Å²) < 4.78 is 84.6. The molecule has 1 saturated heterocycles. The van der Waals surface area contributed by atoms with Gasteiger partial charge in [-0.2, -0.15) is 0 Å². The van der Waals surface area contributed by atoms with Crippen molar-refractivity contribution in [2.75, 3.05) is 18.0 Å². The lowest BCUT2D eigenvalue weighted by atomic mass is 10.0. The third-order valence-corrected chi connectivity index (χ3v) is 5.55. The Labute approximate surface area is 179 Å². The van der Waals surface area contributed by atoms with Gasteiger partial charge in [0.1, 0.15) is 11.9 Å². The number of rotatable bonds is 4. The molecule has 1 aromatic heterocycles. The number of ether oxygens (including phenoxy) is 1. The molecule has 3 atom stereocenters. The van der Waals surface area contributed by atoms with E-state index in [0.717, 1.165) is 12.1 Å². The molecule has 2 aromatic carbocycles. The third kappa shape index (κ3) is 4.34. The number of alkyl halides is 4. The van der Waals surface area contributed by atoms with Crippen molar-refractivity contribution in [2.45, 2.75) is 38.0 Å². The summed E-state index contributed by atoms with van der Waals surface area (Å²) >= 11 is 0. The summed E-state index contributed by atoms with van der Waals surface area (Å²) in [5.41, 5.74) is 6.93. The minimum Gasteiger partial charge on any atom is -0.406 e. The van der Waals surface area contributed by atoms with E-state index < -0.39 is 36.3 Å². The van der Waals surface area contributed by atoms with Crippen LogP contribution in [0.2, 0.25) is 0 Å². The molecule has 0 aliphatic carbocycles. The van der Waals surface area contributed by atoms with E-state index >= 15 is 0 Å². The summed E-state index contributed by atoms with van der Waals surface area (Å²) in [5.74, 6) is -2.16. The van der Waals surface area contributed by atoms with Crippen molar-refractivity contribution in [3.63, 3.8) is 0 Å². The molecule has 2 heterocycles. The van der Waals surface area contributed by atoms with Crippen molar-refractivity contribution in [1.82, 2.24) is 9.55 Å². The summed E-state index contributed by atoms with van der Waals surface area (Å²) in [4.78, 5) is 6.19. The molecule has 1 unspecified atom stereocenters. The van der Waals surface area contributed by atoms with E-state index in [-0.39, 0.29) is 29.7 Å².